The minimum absolute atomic E-state index is 0.0203. The molecule has 2 saturated heterocycles. The van der Waals surface area contributed by atoms with Crippen molar-refractivity contribution in [1.29, 1.82) is 0 Å². The molecule has 204 valence electrons. The van der Waals surface area contributed by atoms with Crippen molar-refractivity contribution in [2.75, 3.05) is 20.3 Å². The van der Waals surface area contributed by atoms with Crippen molar-refractivity contribution < 1.29 is 18.9 Å². The molecule has 0 aliphatic carbocycles. The van der Waals surface area contributed by atoms with E-state index in [1.165, 1.54) is 5.57 Å². The Bertz CT molecular complexity index is 878. The van der Waals surface area contributed by atoms with Crippen LogP contribution >= 0.6 is 0 Å². The maximum Gasteiger partial charge on any atom is 0.118 e. The van der Waals surface area contributed by atoms with Gasteiger partial charge in [-0.3, -0.25) is 0 Å². The average Bonchev–Trinajstić information content (AvgIpc) is 3.65. The van der Waals surface area contributed by atoms with E-state index in [2.05, 4.69) is 70.4 Å². The number of nitrogens with zero attached hydrogens (tertiary/aromatic N) is 1. The van der Waals surface area contributed by atoms with Gasteiger partial charge in [0, 0.05) is 6.54 Å². The zero-order valence-electron chi connectivity index (χ0n) is 24.6. The van der Waals surface area contributed by atoms with Gasteiger partial charge in [0.2, 0.25) is 0 Å². The van der Waals surface area contributed by atoms with Crippen LogP contribution in [-0.4, -0.2) is 64.4 Å². The molecule has 1 aromatic carbocycles. The fourth-order valence-corrected chi connectivity index (χ4v) is 15.1. The minimum atomic E-state index is -1.36. The number of methoxy groups -OCH3 is 1. The molecule has 0 spiro atoms. The number of hydrogen-bond donors (Lipinski definition) is 0. The van der Waals surface area contributed by atoms with Crippen LogP contribution < -0.4 is 4.74 Å². The second-order valence-corrected chi connectivity index (χ2v) is 23.5. The topological polar surface area (TPSA) is 46.8 Å². The van der Waals surface area contributed by atoms with Crippen molar-refractivity contribution in [3.05, 3.63) is 41.5 Å². The molecule has 1 aromatic rings. The summed E-state index contributed by atoms with van der Waals surface area (Å²) < 4.78 is 26.4. The SMILES string of the molecule is COc1ccc(COC/C=C(\C)CC[C@@H]2O[C@@]2(C)CC[C@@H]2O[C@@]2(C)CN([Si](C)(C)C)[Si](C)(C)C)cc1. The van der Waals surface area contributed by atoms with E-state index in [-0.39, 0.29) is 11.2 Å². The number of allylic oxidation sites excluding steroid dienone is 1. The summed E-state index contributed by atoms with van der Waals surface area (Å²) in [5.41, 5.74) is 2.58. The molecule has 0 amide bonds. The Morgan fingerprint density at radius 1 is 0.944 bits per heavy atom. The minimum Gasteiger partial charge on any atom is -0.497 e. The number of rotatable bonds is 15. The van der Waals surface area contributed by atoms with Gasteiger partial charge in [-0.2, -0.15) is 0 Å². The highest BCUT2D eigenvalue weighted by Gasteiger charge is 2.58. The summed E-state index contributed by atoms with van der Waals surface area (Å²) in [6, 6.07) is 8.03. The average molecular weight is 534 g/mol. The summed E-state index contributed by atoms with van der Waals surface area (Å²) in [7, 11) is -1.04. The van der Waals surface area contributed by atoms with Crippen LogP contribution in [-0.2, 0) is 20.8 Å². The third-order valence-corrected chi connectivity index (χ3v) is 15.4. The zero-order chi connectivity index (χ0) is 26.8. The number of hydrogen-bond acceptors (Lipinski definition) is 5. The van der Waals surface area contributed by atoms with Crippen LogP contribution in [0.2, 0.25) is 39.3 Å². The van der Waals surface area contributed by atoms with Gasteiger partial charge in [0.15, 0.2) is 0 Å². The summed E-state index contributed by atoms with van der Waals surface area (Å²) in [6.45, 7) is 24.0. The molecule has 4 atom stereocenters. The first-order chi connectivity index (χ1) is 16.7. The van der Waals surface area contributed by atoms with Crippen molar-refractivity contribution in [3.8, 4) is 5.75 Å². The molecule has 5 nitrogen and oxygen atoms in total. The lowest BCUT2D eigenvalue weighted by atomic mass is 9.94. The third kappa shape index (κ3) is 8.27. The number of ether oxygens (including phenoxy) is 4. The van der Waals surface area contributed by atoms with Crippen LogP contribution in [0.5, 0.6) is 5.75 Å². The van der Waals surface area contributed by atoms with Gasteiger partial charge >= 0.3 is 0 Å². The van der Waals surface area contributed by atoms with Gasteiger partial charge in [-0.15, -0.1) is 0 Å². The molecule has 2 aliphatic heterocycles. The van der Waals surface area contributed by atoms with E-state index in [9.17, 15) is 0 Å². The molecule has 0 saturated carbocycles. The quantitative estimate of drug-likeness (QED) is 0.105. The van der Waals surface area contributed by atoms with E-state index in [4.69, 9.17) is 18.9 Å². The molecule has 36 heavy (non-hydrogen) atoms. The van der Waals surface area contributed by atoms with Crippen molar-refractivity contribution in [2.45, 2.75) is 116 Å². The predicted molar refractivity (Wildman–Crippen MR) is 155 cm³/mol. The lowest BCUT2D eigenvalue weighted by Crippen LogP contribution is -2.61. The third-order valence-electron chi connectivity index (χ3n) is 7.84. The van der Waals surface area contributed by atoms with Crippen LogP contribution in [0.1, 0.15) is 52.0 Å². The van der Waals surface area contributed by atoms with E-state index in [0.29, 0.717) is 25.4 Å². The molecule has 2 fully saturated rings. The van der Waals surface area contributed by atoms with Crippen LogP contribution in [0, 0.1) is 0 Å². The van der Waals surface area contributed by atoms with E-state index >= 15 is 0 Å². The first-order valence-corrected chi connectivity index (χ1v) is 20.6. The second-order valence-electron chi connectivity index (χ2n) is 13.3. The Morgan fingerprint density at radius 2 is 1.53 bits per heavy atom. The molecule has 7 heteroatoms. The van der Waals surface area contributed by atoms with E-state index in [0.717, 1.165) is 43.5 Å². The molecular weight excluding hydrogens is 482 g/mol. The van der Waals surface area contributed by atoms with E-state index in [1.807, 2.05) is 24.3 Å². The largest absolute Gasteiger partial charge is 0.497 e. The Kier molecular flexibility index (Phi) is 9.38. The van der Waals surface area contributed by atoms with Gasteiger partial charge in [-0.1, -0.05) is 63.1 Å². The summed E-state index contributed by atoms with van der Waals surface area (Å²) >= 11 is 0. The lowest BCUT2D eigenvalue weighted by Gasteiger charge is -2.44. The van der Waals surface area contributed by atoms with Gasteiger partial charge in [0.05, 0.1) is 38.1 Å². The molecule has 0 unspecified atom stereocenters. The molecule has 0 bridgehead atoms. The highest BCUT2D eigenvalue weighted by molar-refractivity contribution is 6.89. The highest BCUT2D eigenvalue weighted by Crippen LogP contribution is 2.48. The second kappa shape index (κ2) is 11.4. The van der Waals surface area contributed by atoms with Crippen LogP contribution in [0.3, 0.4) is 0 Å². The highest BCUT2D eigenvalue weighted by atomic mass is 28.4. The van der Waals surface area contributed by atoms with Crippen molar-refractivity contribution in [1.82, 2.24) is 4.23 Å². The van der Waals surface area contributed by atoms with Crippen LogP contribution in [0.25, 0.3) is 0 Å². The molecule has 0 aromatic heterocycles. The monoisotopic (exact) mass is 533 g/mol. The Hall–Kier alpha value is -0.966. The molecule has 0 radical (unpaired) electrons. The van der Waals surface area contributed by atoms with Crippen molar-refractivity contribution >= 4 is 16.5 Å². The fourth-order valence-electron chi connectivity index (χ4n) is 5.44. The summed E-state index contributed by atoms with van der Waals surface area (Å²) in [5, 5.41) is 0. The van der Waals surface area contributed by atoms with Gasteiger partial charge in [0.1, 0.15) is 27.8 Å². The fraction of sp³-hybridized carbons (Fsp3) is 0.724. The Balaban J connectivity index is 1.34. The molecule has 3 rings (SSSR count). The van der Waals surface area contributed by atoms with Crippen molar-refractivity contribution in [2.24, 2.45) is 0 Å². The lowest BCUT2D eigenvalue weighted by molar-refractivity contribution is 0.148. The predicted octanol–water partition coefficient (Wildman–Crippen LogP) is 7.01. The maximum absolute atomic E-state index is 6.30. The first kappa shape index (κ1) is 29.6. The van der Waals surface area contributed by atoms with E-state index < -0.39 is 16.5 Å². The zero-order valence-corrected chi connectivity index (χ0v) is 26.6. The molecular formula is C29H51NO4Si2. The van der Waals surface area contributed by atoms with Gasteiger partial charge < -0.3 is 23.2 Å². The maximum atomic E-state index is 6.30. The summed E-state index contributed by atoms with van der Waals surface area (Å²) in [5.74, 6) is 0.873. The van der Waals surface area contributed by atoms with Crippen LogP contribution in [0.15, 0.2) is 35.9 Å². The summed E-state index contributed by atoms with van der Waals surface area (Å²) in [6.07, 6.45) is 7.28. The molecule has 2 heterocycles. The Labute approximate surface area is 222 Å². The number of epoxide rings is 2. The van der Waals surface area contributed by atoms with Gasteiger partial charge in [-0.25, -0.2) is 0 Å². The number of benzene rings is 1. The molecule has 2 aliphatic rings. The molecule has 0 N–H and O–H groups in total. The first-order valence-electron chi connectivity index (χ1n) is 13.7. The smallest absolute Gasteiger partial charge is 0.118 e. The summed E-state index contributed by atoms with van der Waals surface area (Å²) in [4.78, 5) is 0. The van der Waals surface area contributed by atoms with Crippen LogP contribution in [0.4, 0.5) is 0 Å². The Morgan fingerprint density at radius 3 is 2.11 bits per heavy atom. The van der Waals surface area contributed by atoms with Gasteiger partial charge in [0.25, 0.3) is 0 Å². The van der Waals surface area contributed by atoms with Gasteiger partial charge in [-0.05, 0) is 64.2 Å². The standard InChI is InChI=1S/C29H51NO4Si2/c1-23(18-20-32-21-24-12-14-25(31-4)15-13-24)11-16-26-28(2,33-26)19-17-27-29(3,34-27)22-30(35(5,6)7)36(8,9)10/h12-15,18,26-27H,11,16-17,19-22H2,1-10H3/b23-18+/t26-,27-,28-,29-/m0/s1. The normalized spacial score (nSPS) is 28.5. The van der Waals surface area contributed by atoms with Crippen molar-refractivity contribution in [3.63, 3.8) is 0 Å². The van der Waals surface area contributed by atoms with E-state index in [1.54, 1.807) is 7.11 Å².